The number of rotatable bonds is 4. The lowest BCUT2D eigenvalue weighted by molar-refractivity contribution is 0.177. The molecule has 8 heteroatoms. The average molecular weight is 380 g/mol. The summed E-state index contributed by atoms with van der Waals surface area (Å²) in [6, 6.07) is 14.7. The number of likely N-dealkylation sites (tertiary alicyclic amines) is 1. The van der Waals surface area contributed by atoms with Crippen molar-refractivity contribution in [3.63, 3.8) is 0 Å². The Bertz CT molecular complexity index is 1040. The minimum Gasteiger partial charge on any atom is -0.273 e. The summed E-state index contributed by atoms with van der Waals surface area (Å²) in [5, 5.41) is 13.9. The van der Waals surface area contributed by atoms with Crippen LogP contribution in [0.2, 0.25) is 0 Å². The Kier molecular flexibility index (Phi) is 4.14. The predicted octanol–water partition coefficient (Wildman–Crippen LogP) is 3.88. The minimum absolute atomic E-state index is 0.276. The lowest BCUT2D eigenvalue weighted by Gasteiger charge is -2.21. The predicted molar refractivity (Wildman–Crippen MR) is 102 cm³/mol. The molecule has 6 nitrogen and oxygen atoms in total. The summed E-state index contributed by atoms with van der Waals surface area (Å²) in [6.45, 7) is 1.54. The summed E-state index contributed by atoms with van der Waals surface area (Å²) in [7, 11) is 0. The van der Waals surface area contributed by atoms with E-state index in [4.69, 9.17) is 4.98 Å². The van der Waals surface area contributed by atoms with Gasteiger partial charge in [0.2, 0.25) is 5.82 Å². The largest absolute Gasteiger partial charge is 0.273 e. The first-order chi connectivity index (χ1) is 13.3. The van der Waals surface area contributed by atoms with E-state index in [1.165, 1.54) is 16.8 Å². The highest BCUT2D eigenvalue weighted by molar-refractivity contribution is 7.18. The standard InChI is InChI=1S/C19H17FN6S/c20-14-9-7-13(8-10-14)18-22-24-26(23-18)12-25-11-3-5-16(25)19-21-15-4-1-2-6-17(15)27-19/h1-2,4,6-10,16H,3,5,11-12H2. The Balaban J connectivity index is 1.36. The molecule has 5 rings (SSSR count). The molecule has 0 bridgehead atoms. The zero-order chi connectivity index (χ0) is 18.2. The maximum absolute atomic E-state index is 13.1. The molecule has 0 aliphatic carbocycles. The van der Waals surface area contributed by atoms with Gasteiger partial charge in [0, 0.05) is 12.1 Å². The van der Waals surface area contributed by atoms with Crippen molar-refractivity contribution in [3.8, 4) is 11.4 Å². The highest BCUT2D eigenvalue weighted by Crippen LogP contribution is 2.36. The molecule has 136 valence electrons. The van der Waals surface area contributed by atoms with E-state index in [9.17, 15) is 4.39 Å². The van der Waals surface area contributed by atoms with Crippen LogP contribution < -0.4 is 0 Å². The van der Waals surface area contributed by atoms with Gasteiger partial charge in [-0.3, -0.25) is 4.90 Å². The number of hydrogen-bond acceptors (Lipinski definition) is 6. The second-order valence-corrected chi connectivity index (χ2v) is 7.69. The van der Waals surface area contributed by atoms with E-state index < -0.39 is 0 Å². The first kappa shape index (κ1) is 16.5. The fourth-order valence-corrected chi connectivity index (χ4v) is 4.62. The van der Waals surface area contributed by atoms with Crippen LogP contribution >= 0.6 is 11.3 Å². The third kappa shape index (κ3) is 3.22. The van der Waals surface area contributed by atoms with Crippen molar-refractivity contribution in [2.45, 2.75) is 25.6 Å². The summed E-state index contributed by atoms with van der Waals surface area (Å²) in [5.41, 5.74) is 1.81. The van der Waals surface area contributed by atoms with Crippen LogP contribution in [0.25, 0.3) is 21.6 Å². The lowest BCUT2D eigenvalue weighted by Crippen LogP contribution is -2.27. The van der Waals surface area contributed by atoms with Gasteiger partial charge in [-0.05, 0) is 54.5 Å². The van der Waals surface area contributed by atoms with Gasteiger partial charge >= 0.3 is 0 Å². The van der Waals surface area contributed by atoms with Crippen LogP contribution in [0.1, 0.15) is 23.9 Å². The number of tetrazole rings is 1. The number of nitrogens with zero attached hydrogens (tertiary/aromatic N) is 6. The van der Waals surface area contributed by atoms with Crippen LogP contribution in [0.3, 0.4) is 0 Å². The molecule has 1 saturated heterocycles. The number of halogens is 1. The van der Waals surface area contributed by atoms with Crippen molar-refractivity contribution in [2.24, 2.45) is 0 Å². The number of thiazole rings is 1. The number of hydrogen-bond donors (Lipinski definition) is 0. The van der Waals surface area contributed by atoms with Crippen molar-refractivity contribution in [1.82, 2.24) is 30.1 Å². The molecule has 2 aromatic carbocycles. The van der Waals surface area contributed by atoms with Crippen LogP contribution in [0.15, 0.2) is 48.5 Å². The quantitative estimate of drug-likeness (QED) is 0.538. The molecule has 4 aromatic rings. The van der Waals surface area contributed by atoms with E-state index >= 15 is 0 Å². The topological polar surface area (TPSA) is 59.7 Å². The molecular formula is C19H17FN6S. The van der Waals surface area contributed by atoms with E-state index in [0.29, 0.717) is 12.5 Å². The Morgan fingerprint density at radius 2 is 1.96 bits per heavy atom. The van der Waals surface area contributed by atoms with Gasteiger partial charge in [-0.25, -0.2) is 9.37 Å². The van der Waals surface area contributed by atoms with Gasteiger partial charge in [-0.2, -0.15) is 0 Å². The molecular weight excluding hydrogens is 363 g/mol. The second kappa shape index (κ2) is 6.79. The Labute approximate surface area is 159 Å². The van der Waals surface area contributed by atoms with Crippen molar-refractivity contribution in [2.75, 3.05) is 6.54 Å². The SMILES string of the molecule is Fc1ccc(-c2nnn(CN3CCCC3c3nc4ccccc4s3)n2)cc1. The zero-order valence-corrected chi connectivity index (χ0v) is 15.3. The van der Waals surface area contributed by atoms with E-state index in [-0.39, 0.29) is 11.9 Å². The van der Waals surface area contributed by atoms with Gasteiger partial charge < -0.3 is 0 Å². The first-order valence-electron chi connectivity index (χ1n) is 8.89. The maximum Gasteiger partial charge on any atom is 0.204 e. The maximum atomic E-state index is 13.1. The number of fused-ring (bicyclic) bond motifs is 1. The van der Waals surface area contributed by atoms with Gasteiger partial charge in [0.15, 0.2) is 0 Å². The zero-order valence-electron chi connectivity index (χ0n) is 14.5. The monoisotopic (exact) mass is 380 g/mol. The van der Waals surface area contributed by atoms with Crippen LogP contribution in [0, 0.1) is 5.82 Å². The van der Waals surface area contributed by atoms with Crippen LogP contribution in [-0.2, 0) is 6.67 Å². The van der Waals surface area contributed by atoms with E-state index in [2.05, 4.69) is 32.4 Å². The molecule has 0 spiro atoms. The molecule has 0 N–H and O–H groups in total. The van der Waals surface area contributed by atoms with Gasteiger partial charge in [0.1, 0.15) is 17.5 Å². The van der Waals surface area contributed by atoms with Gasteiger partial charge in [0.05, 0.1) is 16.3 Å². The van der Waals surface area contributed by atoms with Crippen LogP contribution in [0.4, 0.5) is 4.39 Å². The molecule has 0 radical (unpaired) electrons. The fourth-order valence-electron chi connectivity index (χ4n) is 3.49. The summed E-state index contributed by atoms with van der Waals surface area (Å²) in [4.78, 5) is 8.77. The van der Waals surface area contributed by atoms with E-state index in [1.807, 2.05) is 12.1 Å². The van der Waals surface area contributed by atoms with Crippen molar-refractivity contribution in [1.29, 1.82) is 0 Å². The van der Waals surface area contributed by atoms with Crippen molar-refractivity contribution in [3.05, 3.63) is 59.4 Å². The van der Waals surface area contributed by atoms with Gasteiger partial charge in [0.25, 0.3) is 0 Å². The van der Waals surface area contributed by atoms with Gasteiger partial charge in [-0.15, -0.1) is 26.3 Å². The Morgan fingerprint density at radius 1 is 1.11 bits per heavy atom. The number of benzene rings is 2. The number of aromatic nitrogens is 5. The van der Waals surface area contributed by atoms with E-state index in [0.717, 1.165) is 35.5 Å². The molecule has 2 aromatic heterocycles. The Hall–Kier alpha value is -2.71. The normalized spacial score (nSPS) is 17.7. The molecule has 1 atom stereocenters. The van der Waals surface area contributed by atoms with Gasteiger partial charge in [-0.1, -0.05) is 12.1 Å². The summed E-state index contributed by atoms with van der Waals surface area (Å²) in [5.74, 6) is 0.229. The molecule has 1 aliphatic rings. The fraction of sp³-hybridized carbons (Fsp3) is 0.263. The molecule has 0 amide bonds. The molecule has 1 unspecified atom stereocenters. The molecule has 27 heavy (non-hydrogen) atoms. The second-order valence-electron chi connectivity index (χ2n) is 6.62. The molecule has 1 fully saturated rings. The minimum atomic E-state index is -0.276. The van der Waals surface area contributed by atoms with E-state index in [1.54, 1.807) is 28.3 Å². The molecule has 1 aliphatic heterocycles. The van der Waals surface area contributed by atoms with Crippen LogP contribution in [-0.4, -0.2) is 36.6 Å². The highest BCUT2D eigenvalue weighted by Gasteiger charge is 2.29. The smallest absolute Gasteiger partial charge is 0.204 e. The third-order valence-corrected chi connectivity index (χ3v) is 5.96. The van der Waals surface area contributed by atoms with Crippen LogP contribution in [0.5, 0.6) is 0 Å². The lowest BCUT2D eigenvalue weighted by atomic mass is 10.2. The molecule has 0 saturated carbocycles. The Morgan fingerprint density at radius 3 is 2.81 bits per heavy atom. The highest BCUT2D eigenvalue weighted by atomic mass is 32.1. The summed E-state index contributed by atoms with van der Waals surface area (Å²) < 4.78 is 14.3. The van der Waals surface area contributed by atoms with Crippen molar-refractivity contribution < 1.29 is 4.39 Å². The van der Waals surface area contributed by atoms with Crippen molar-refractivity contribution >= 4 is 21.6 Å². The first-order valence-corrected chi connectivity index (χ1v) is 9.71. The number of para-hydroxylation sites is 1. The molecule has 3 heterocycles. The average Bonchev–Trinajstić information content (AvgIpc) is 3.41. The third-order valence-electron chi connectivity index (χ3n) is 4.82. The summed E-state index contributed by atoms with van der Waals surface area (Å²) >= 11 is 1.76. The summed E-state index contributed by atoms with van der Waals surface area (Å²) in [6.07, 6.45) is 2.21.